The predicted molar refractivity (Wildman–Crippen MR) is 144 cm³/mol. The van der Waals surface area contributed by atoms with Crippen LogP contribution in [0.3, 0.4) is 0 Å². The number of benzene rings is 1. The molecule has 0 radical (unpaired) electrons. The molecular formula is C24H27N3O13S2. The Labute approximate surface area is 243 Å². The number of rotatable bonds is 14. The van der Waals surface area contributed by atoms with E-state index in [-0.39, 0.29) is 36.3 Å². The van der Waals surface area contributed by atoms with Gasteiger partial charge in [0.2, 0.25) is 5.91 Å². The van der Waals surface area contributed by atoms with Crippen LogP contribution in [0.15, 0.2) is 41.6 Å². The maximum absolute atomic E-state index is 13.1. The molecule has 1 aromatic carbocycles. The van der Waals surface area contributed by atoms with Crippen LogP contribution in [0.4, 0.5) is 0 Å². The van der Waals surface area contributed by atoms with Crippen LogP contribution in [-0.4, -0.2) is 94.4 Å². The number of carbonyl (C=O) groups excluding carboxylic acids is 3. The lowest BCUT2D eigenvalue weighted by Gasteiger charge is -2.55. The molecule has 6 N–H and O–H groups in total. The Hall–Kier alpha value is -3.97. The smallest absolute Gasteiger partial charge is 0.446 e. The summed E-state index contributed by atoms with van der Waals surface area (Å²) in [5.41, 5.74) is 3.75. The first kappa shape index (κ1) is 32.5. The summed E-state index contributed by atoms with van der Waals surface area (Å²) >= 11 is 1.08. The van der Waals surface area contributed by atoms with E-state index in [1.807, 2.05) is 0 Å². The lowest BCUT2D eigenvalue weighted by Crippen LogP contribution is -2.80. The number of hydrogen-bond acceptors (Lipinski definition) is 12. The normalized spacial score (nSPS) is 20.9. The Kier molecular flexibility index (Phi) is 10.3. The Balaban J connectivity index is 1.63. The van der Waals surface area contributed by atoms with E-state index >= 15 is 0 Å². The van der Waals surface area contributed by atoms with Crippen LogP contribution >= 0.6 is 11.8 Å². The fourth-order valence-electron chi connectivity index (χ4n) is 4.06. The standard InChI is InChI=1S/C24H27N3O13S2/c1-38-24(26-17(28)4-2-3-16(25)20(30)31)22(34)27-19(21(32)33)14(12-41-23(24)27)11-39-18(29)10-7-13-5-8-15(9-6-13)40-42(35,36)37/h5-10,16,23H,2-4,11-12,25H2,1H3,(H,26,28)(H,30,31)(H,32,33)(H,35,36,37). The number of β-lactam (4-membered cyclic amide) rings is 1. The van der Waals surface area contributed by atoms with Crippen molar-refractivity contribution < 1.29 is 60.8 Å². The number of aliphatic carboxylic acids is 2. The Bertz CT molecular complexity index is 1430. The molecule has 0 spiro atoms. The molecule has 3 unspecified atom stereocenters. The van der Waals surface area contributed by atoms with Gasteiger partial charge in [0.1, 0.15) is 29.5 Å². The number of hydrogen-bond donors (Lipinski definition) is 5. The average molecular weight is 630 g/mol. The van der Waals surface area contributed by atoms with Crippen molar-refractivity contribution in [3.05, 3.63) is 47.2 Å². The predicted octanol–water partition coefficient (Wildman–Crippen LogP) is -0.280. The maximum atomic E-state index is 13.1. The van der Waals surface area contributed by atoms with E-state index in [1.54, 1.807) is 0 Å². The molecule has 18 heteroatoms. The second kappa shape index (κ2) is 13.3. The monoisotopic (exact) mass is 629 g/mol. The number of carbonyl (C=O) groups is 5. The number of nitrogens with zero attached hydrogens (tertiary/aromatic N) is 1. The van der Waals surface area contributed by atoms with Crippen LogP contribution in [0.25, 0.3) is 6.08 Å². The SMILES string of the molecule is COC1(NC(=O)CCCC(N)C(=O)O)C(=O)N2C(C(=O)O)=C(COC(=O)C=Cc3ccc(OS(=O)(=O)O)cc3)CSC21. The summed E-state index contributed by atoms with van der Waals surface area (Å²) < 4.78 is 44.9. The minimum absolute atomic E-state index is 0.0246. The summed E-state index contributed by atoms with van der Waals surface area (Å²) in [5.74, 6) is -5.10. The van der Waals surface area contributed by atoms with Crippen molar-refractivity contribution in [1.29, 1.82) is 0 Å². The summed E-state index contributed by atoms with van der Waals surface area (Å²) in [5, 5.41) is 20.2. The van der Waals surface area contributed by atoms with Gasteiger partial charge in [-0.05, 0) is 36.6 Å². The van der Waals surface area contributed by atoms with E-state index in [2.05, 4.69) is 9.50 Å². The lowest BCUT2D eigenvalue weighted by molar-refractivity contribution is -0.192. The molecule has 0 aromatic heterocycles. The molecule has 0 saturated carbocycles. The van der Waals surface area contributed by atoms with Gasteiger partial charge in [-0.3, -0.25) is 23.8 Å². The molecular weight excluding hydrogens is 602 g/mol. The molecule has 2 aliphatic rings. The fourth-order valence-corrected chi connectivity index (χ4v) is 5.83. The maximum Gasteiger partial charge on any atom is 0.446 e. The van der Waals surface area contributed by atoms with Gasteiger partial charge in [-0.15, -0.1) is 11.8 Å². The van der Waals surface area contributed by atoms with E-state index in [4.69, 9.17) is 24.9 Å². The van der Waals surface area contributed by atoms with E-state index in [0.29, 0.717) is 5.56 Å². The third kappa shape index (κ3) is 7.65. The third-order valence-corrected chi connectivity index (χ3v) is 7.85. The van der Waals surface area contributed by atoms with Gasteiger partial charge in [0.05, 0.1) is 0 Å². The van der Waals surface area contributed by atoms with Crippen LogP contribution in [-0.2, 0) is 43.8 Å². The van der Waals surface area contributed by atoms with E-state index in [0.717, 1.165) is 22.7 Å². The van der Waals surface area contributed by atoms with Gasteiger partial charge in [0.15, 0.2) is 0 Å². The van der Waals surface area contributed by atoms with Crippen LogP contribution in [0.2, 0.25) is 0 Å². The van der Waals surface area contributed by atoms with Crippen molar-refractivity contribution in [2.24, 2.45) is 5.73 Å². The Morgan fingerprint density at radius 1 is 1.24 bits per heavy atom. The largest absolute Gasteiger partial charge is 0.480 e. The molecule has 228 valence electrons. The molecule has 2 amide bonds. The summed E-state index contributed by atoms with van der Waals surface area (Å²) in [6.45, 7) is -0.453. The highest BCUT2D eigenvalue weighted by Crippen LogP contribution is 2.46. The summed E-state index contributed by atoms with van der Waals surface area (Å²) in [4.78, 5) is 61.7. The third-order valence-electron chi connectivity index (χ3n) is 6.08. The number of nitrogens with two attached hydrogens (primary N) is 1. The highest BCUT2D eigenvalue weighted by atomic mass is 32.3. The van der Waals surface area contributed by atoms with E-state index < -0.39 is 69.6 Å². The minimum atomic E-state index is -4.68. The number of carboxylic acid groups (broad SMARTS) is 2. The molecule has 0 bridgehead atoms. The van der Waals surface area contributed by atoms with E-state index in [1.165, 1.54) is 37.5 Å². The molecule has 2 heterocycles. The quantitative estimate of drug-likeness (QED) is 0.0583. The van der Waals surface area contributed by atoms with Crippen molar-refractivity contribution in [2.45, 2.75) is 36.4 Å². The average Bonchev–Trinajstić information content (AvgIpc) is 2.92. The van der Waals surface area contributed by atoms with Gasteiger partial charge in [-0.2, -0.15) is 8.42 Å². The van der Waals surface area contributed by atoms with Gasteiger partial charge >= 0.3 is 28.3 Å². The lowest BCUT2D eigenvalue weighted by atomic mass is 9.97. The molecule has 2 aliphatic heterocycles. The number of ether oxygens (including phenoxy) is 2. The molecule has 3 rings (SSSR count). The number of esters is 1. The van der Waals surface area contributed by atoms with Gasteiger partial charge in [-0.1, -0.05) is 12.1 Å². The number of carboxylic acids is 2. The highest BCUT2D eigenvalue weighted by molar-refractivity contribution is 8.00. The van der Waals surface area contributed by atoms with Crippen LogP contribution in [0, 0.1) is 0 Å². The van der Waals surface area contributed by atoms with Gasteiger partial charge in [0, 0.05) is 30.9 Å². The zero-order valence-electron chi connectivity index (χ0n) is 21.9. The summed E-state index contributed by atoms with van der Waals surface area (Å²) in [6.07, 6.45) is 2.40. The summed E-state index contributed by atoms with van der Waals surface area (Å²) in [7, 11) is -3.50. The Morgan fingerprint density at radius 3 is 2.48 bits per heavy atom. The fraction of sp³-hybridized carbons (Fsp3) is 0.375. The number of thioether (sulfide) groups is 1. The molecule has 42 heavy (non-hydrogen) atoms. The number of amides is 2. The molecule has 1 fully saturated rings. The van der Waals surface area contributed by atoms with Crippen molar-refractivity contribution in [2.75, 3.05) is 19.5 Å². The van der Waals surface area contributed by atoms with Crippen molar-refractivity contribution in [3.63, 3.8) is 0 Å². The molecule has 1 aromatic rings. The number of methoxy groups -OCH3 is 1. The van der Waals surface area contributed by atoms with Crippen molar-refractivity contribution in [3.8, 4) is 5.75 Å². The molecule has 3 atom stereocenters. The first-order chi connectivity index (χ1) is 19.7. The first-order valence-electron chi connectivity index (χ1n) is 12.1. The van der Waals surface area contributed by atoms with Crippen molar-refractivity contribution >= 4 is 58.0 Å². The second-order valence-corrected chi connectivity index (χ2v) is 11.0. The van der Waals surface area contributed by atoms with Gasteiger partial charge in [-0.25, -0.2) is 9.59 Å². The molecule has 1 saturated heterocycles. The zero-order valence-corrected chi connectivity index (χ0v) is 23.6. The minimum Gasteiger partial charge on any atom is -0.480 e. The van der Waals surface area contributed by atoms with Gasteiger partial charge in [0.25, 0.3) is 11.6 Å². The van der Waals surface area contributed by atoms with Crippen LogP contribution in [0.1, 0.15) is 24.8 Å². The zero-order chi connectivity index (χ0) is 31.2. The number of fused-ring (bicyclic) bond motifs is 1. The van der Waals surface area contributed by atoms with Crippen LogP contribution in [0.5, 0.6) is 5.75 Å². The van der Waals surface area contributed by atoms with Crippen molar-refractivity contribution in [1.82, 2.24) is 10.2 Å². The summed E-state index contributed by atoms with van der Waals surface area (Å²) in [6, 6.07) is 4.13. The van der Waals surface area contributed by atoms with E-state index in [9.17, 15) is 37.5 Å². The Morgan fingerprint density at radius 2 is 1.90 bits per heavy atom. The first-order valence-corrected chi connectivity index (χ1v) is 14.5. The molecule has 16 nitrogen and oxygen atoms in total. The highest BCUT2D eigenvalue weighted by Gasteiger charge is 2.66. The number of nitrogens with one attached hydrogen (secondary N) is 1. The van der Waals surface area contributed by atoms with Crippen LogP contribution < -0.4 is 15.2 Å². The van der Waals surface area contributed by atoms with Gasteiger partial charge < -0.3 is 34.9 Å². The topological polar surface area (TPSA) is 249 Å². The molecule has 0 aliphatic carbocycles. The second-order valence-electron chi connectivity index (χ2n) is 8.94.